The molecule has 0 amide bonds. The van der Waals surface area contributed by atoms with E-state index >= 15 is 0 Å². The van der Waals surface area contributed by atoms with Crippen LogP contribution in [-0.2, 0) is 9.84 Å². The van der Waals surface area contributed by atoms with E-state index in [4.69, 9.17) is 0 Å². The third-order valence-corrected chi connectivity index (χ3v) is 10.6. The predicted octanol–water partition coefficient (Wildman–Crippen LogP) is 10.7. The van der Waals surface area contributed by atoms with Crippen molar-refractivity contribution in [1.29, 1.82) is 0 Å². The van der Waals surface area contributed by atoms with Crippen LogP contribution in [0.5, 0.6) is 0 Å². The summed E-state index contributed by atoms with van der Waals surface area (Å²) in [5.41, 5.74) is 0.686. The van der Waals surface area contributed by atoms with Crippen LogP contribution < -0.4 is 0 Å². The van der Waals surface area contributed by atoms with Crippen LogP contribution in [0.4, 0.5) is 0 Å². The summed E-state index contributed by atoms with van der Waals surface area (Å²) in [6, 6.07) is 15.3. The minimum atomic E-state index is -3.67. The molecule has 0 spiro atoms. The zero-order chi connectivity index (χ0) is 28.9. The fraction of sp³-hybridized carbons (Fsp3) is 0.600. The molecule has 0 saturated heterocycles. The van der Waals surface area contributed by atoms with E-state index < -0.39 is 15.3 Å². The maximum atomic E-state index is 12.3. The fourth-order valence-corrected chi connectivity index (χ4v) is 7.03. The molecular weight excluding hydrogens is 533 g/mol. The zero-order valence-corrected chi connectivity index (χ0v) is 26.8. The van der Waals surface area contributed by atoms with Crippen molar-refractivity contribution in [2.45, 2.75) is 138 Å². The first-order chi connectivity index (χ1) is 19.5. The van der Waals surface area contributed by atoms with E-state index in [2.05, 4.69) is 31.2 Å². The molecule has 224 valence electrons. The summed E-state index contributed by atoms with van der Waals surface area (Å²) in [5.74, 6) is 1.18. The van der Waals surface area contributed by atoms with E-state index in [1.165, 1.54) is 113 Å². The smallest absolute Gasteiger partial charge is 0.204 e. The van der Waals surface area contributed by atoms with Gasteiger partial charge in [0.05, 0.1) is 4.90 Å². The molecule has 0 fully saturated rings. The Morgan fingerprint density at radius 2 is 1.02 bits per heavy atom. The molecule has 0 saturated carbocycles. The highest BCUT2D eigenvalue weighted by atomic mass is 32.2. The quantitative estimate of drug-likeness (QED) is 0.0799. The Labute approximate surface area is 250 Å². The van der Waals surface area contributed by atoms with Crippen LogP contribution in [0.1, 0.15) is 134 Å². The lowest BCUT2D eigenvalue weighted by Crippen LogP contribution is -2.19. The van der Waals surface area contributed by atoms with Gasteiger partial charge >= 0.3 is 0 Å². The maximum Gasteiger partial charge on any atom is 0.204 e. The van der Waals surface area contributed by atoms with Gasteiger partial charge in [-0.1, -0.05) is 147 Å². The monoisotopic (exact) mass is 586 g/mol. The molecule has 1 atom stereocenters. The second kappa shape index (κ2) is 21.2. The molecule has 0 aliphatic carbocycles. The van der Waals surface area contributed by atoms with Gasteiger partial charge in [0, 0.05) is 4.90 Å². The van der Waals surface area contributed by atoms with Crippen LogP contribution in [0, 0.1) is 0 Å². The van der Waals surface area contributed by atoms with E-state index in [1.807, 2.05) is 23.9 Å². The van der Waals surface area contributed by atoms with Crippen molar-refractivity contribution in [3.05, 3.63) is 59.7 Å². The molecule has 0 aliphatic rings. The number of rotatable bonds is 23. The number of thioether (sulfide) groups is 1. The lowest BCUT2D eigenvalue weighted by atomic mass is 10.0. The first-order valence-electron chi connectivity index (χ1n) is 15.9. The Morgan fingerprint density at radius 1 is 0.625 bits per heavy atom. The molecule has 1 N–H and O–H groups in total. The van der Waals surface area contributed by atoms with Gasteiger partial charge in [-0.2, -0.15) is 0 Å². The first-order valence-corrected chi connectivity index (χ1v) is 18.4. The second-order valence-corrected chi connectivity index (χ2v) is 14.3. The third-order valence-electron chi connectivity index (χ3n) is 7.53. The average molecular weight is 587 g/mol. The molecule has 0 aromatic heterocycles. The first kappa shape index (κ1) is 34.6. The standard InChI is InChI=1S/C35H54O3S2/c1-3-5-6-7-8-9-10-11-12-13-14-15-16-17-18-19-30-39-33-26-22-31(23-27-33)20-21-32-24-28-34(29-25-32)40(37,38)35(36)4-2/h20-29,35-36H,3-19,30H2,1-2H3. The van der Waals surface area contributed by atoms with Gasteiger partial charge < -0.3 is 5.11 Å². The summed E-state index contributed by atoms with van der Waals surface area (Å²) < 4.78 is 24.5. The molecule has 1 unspecified atom stereocenters. The van der Waals surface area contributed by atoms with Crippen LogP contribution in [0.3, 0.4) is 0 Å². The normalized spacial score (nSPS) is 12.8. The SMILES string of the molecule is CCCCCCCCCCCCCCCCCCSc1ccc(C=Cc2ccc(S(=O)(=O)C(O)CC)cc2)cc1. The number of hydrogen-bond donors (Lipinski definition) is 1. The Kier molecular flexibility index (Phi) is 18.3. The van der Waals surface area contributed by atoms with Crippen molar-refractivity contribution >= 4 is 33.8 Å². The lowest BCUT2D eigenvalue weighted by molar-refractivity contribution is 0.244. The van der Waals surface area contributed by atoms with Gasteiger partial charge in [-0.05, 0) is 54.0 Å². The van der Waals surface area contributed by atoms with Crippen molar-refractivity contribution in [2.24, 2.45) is 0 Å². The molecule has 0 aliphatic heterocycles. The van der Waals surface area contributed by atoms with Gasteiger partial charge in [0.2, 0.25) is 9.84 Å². The Hall–Kier alpha value is -1.56. The molecule has 0 heterocycles. The summed E-state index contributed by atoms with van der Waals surface area (Å²) in [5, 5.41) is 9.75. The number of unbranched alkanes of at least 4 members (excludes halogenated alkanes) is 15. The number of hydrogen-bond acceptors (Lipinski definition) is 4. The average Bonchev–Trinajstić information content (AvgIpc) is 2.98. The third kappa shape index (κ3) is 14.4. The predicted molar refractivity (Wildman–Crippen MR) is 176 cm³/mol. The summed E-state index contributed by atoms with van der Waals surface area (Å²) in [7, 11) is -3.67. The maximum absolute atomic E-state index is 12.3. The van der Waals surface area contributed by atoms with Gasteiger partial charge in [-0.25, -0.2) is 8.42 Å². The Bertz CT molecular complexity index is 1030. The summed E-state index contributed by atoms with van der Waals surface area (Å²) in [6.45, 7) is 3.94. The van der Waals surface area contributed by atoms with E-state index in [0.717, 1.165) is 11.1 Å². The van der Waals surface area contributed by atoms with Crippen molar-refractivity contribution < 1.29 is 13.5 Å². The largest absolute Gasteiger partial charge is 0.377 e. The highest BCUT2D eigenvalue weighted by Crippen LogP contribution is 2.22. The molecule has 2 rings (SSSR count). The van der Waals surface area contributed by atoms with Crippen LogP contribution >= 0.6 is 11.8 Å². The van der Waals surface area contributed by atoms with E-state index in [9.17, 15) is 13.5 Å². The lowest BCUT2D eigenvalue weighted by Gasteiger charge is -2.09. The van der Waals surface area contributed by atoms with Crippen molar-refractivity contribution in [1.82, 2.24) is 0 Å². The highest BCUT2D eigenvalue weighted by molar-refractivity contribution is 7.99. The molecule has 40 heavy (non-hydrogen) atoms. The molecular formula is C35H54O3S2. The molecule has 0 radical (unpaired) electrons. The van der Waals surface area contributed by atoms with Gasteiger partial charge in [0.15, 0.2) is 5.44 Å². The highest BCUT2D eigenvalue weighted by Gasteiger charge is 2.23. The molecule has 5 heteroatoms. The number of aliphatic hydroxyl groups excluding tert-OH is 1. The van der Waals surface area contributed by atoms with Gasteiger partial charge in [0.1, 0.15) is 0 Å². The van der Waals surface area contributed by atoms with Gasteiger partial charge in [0.25, 0.3) is 0 Å². The Balaban J connectivity index is 1.50. The second-order valence-electron chi connectivity index (χ2n) is 11.0. The molecule has 2 aromatic rings. The van der Waals surface area contributed by atoms with Crippen molar-refractivity contribution in [3.8, 4) is 0 Å². The van der Waals surface area contributed by atoms with Crippen molar-refractivity contribution in [2.75, 3.05) is 5.75 Å². The molecule has 3 nitrogen and oxygen atoms in total. The number of sulfone groups is 1. The van der Waals surface area contributed by atoms with Crippen LogP contribution in [-0.4, -0.2) is 24.7 Å². The van der Waals surface area contributed by atoms with E-state index in [-0.39, 0.29) is 11.3 Å². The van der Waals surface area contributed by atoms with Gasteiger partial charge in [-0.3, -0.25) is 0 Å². The minimum absolute atomic E-state index is 0.157. The Morgan fingerprint density at radius 3 is 1.45 bits per heavy atom. The van der Waals surface area contributed by atoms with Crippen LogP contribution in [0.25, 0.3) is 12.2 Å². The summed E-state index contributed by atoms with van der Waals surface area (Å²) in [4.78, 5) is 1.46. The van der Waals surface area contributed by atoms with E-state index in [1.54, 1.807) is 31.2 Å². The van der Waals surface area contributed by atoms with Crippen LogP contribution in [0.15, 0.2) is 58.3 Å². The topological polar surface area (TPSA) is 54.4 Å². The summed E-state index contributed by atoms with van der Waals surface area (Å²) in [6.07, 6.45) is 26.7. The number of aliphatic hydroxyl groups is 1. The molecule has 0 bridgehead atoms. The minimum Gasteiger partial charge on any atom is -0.377 e. The fourth-order valence-electron chi connectivity index (χ4n) is 4.85. The summed E-state index contributed by atoms with van der Waals surface area (Å²) >= 11 is 1.94. The zero-order valence-electron chi connectivity index (χ0n) is 25.2. The van der Waals surface area contributed by atoms with Crippen LogP contribution in [0.2, 0.25) is 0 Å². The van der Waals surface area contributed by atoms with E-state index in [0.29, 0.717) is 0 Å². The van der Waals surface area contributed by atoms with Gasteiger partial charge in [-0.15, -0.1) is 11.8 Å². The van der Waals surface area contributed by atoms with Crippen molar-refractivity contribution in [3.63, 3.8) is 0 Å². The molecule has 2 aromatic carbocycles. The number of benzene rings is 2.